The molecule has 0 radical (unpaired) electrons. The lowest BCUT2D eigenvalue weighted by Gasteiger charge is -2.01. The Balaban J connectivity index is 3.33. The smallest absolute Gasteiger partial charge is 0.397 e. The van der Waals surface area contributed by atoms with Gasteiger partial charge in [0.1, 0.15) is 0 Å². The lowest BCUT2D eigenvalue weighted by molar-refractivity contribution is -0.138. The Morgan fingerprint density at radius 1 is 0.958 bits per heavy atom. The molecule has 0 unspecified atom stereocenters. The molecule has 1 N–H and O–H groups in total. The maximum absolute atomic E-state index is 11.2. The largest absolute Gasteiger partial charge is 0.435 e. The predicted molar refractivity (Wildman–Crippen MR) is 93.8 cm³/mol. The zero-order valence-electron chi connectivity index (χ0n) is 14.7. The Hall–Kier alpha value is -0.920. The monoisotopic (exact) mass is 364 g/mol. The lowest BCUT2D eigenvalue weighted by Crippen LogP contribution is -2.09. The standard InChI is InChI=1S/C17H32O6S/c1-2-3-4-5-6-7-8-9-10-11-12-13-15-22-17(18)14-16-23-24(19,20)21/h13,15H,2-12,14,16H2,1H3,(H,19,20,21). The molecule has 0 aromatic carbocycles. The molecule has 6 nitrogen and oxygen atoms in total. The molecule has 0 fully saturated rings. The van der Waals surface area contributed by atoms with Gasteiger partial charge in [0.05, 0.1) is 19.3 Å². The van der Waals surface area contributed by atoms with Gasteiger partial charge in [-0.2, -0.15) is 8.42 Å². The summed E-state index contributed by atoms with van der Waals surface area (Å²) in [6.07, 6.45) is 16.5. The minimum Gasteiger partial charge on any atom is -0.435 e. The minimum atomic E-state index is -4.49. The molecule has 0 aliphatic carbocycles. The van der Waals surface area contributed by atoms with Crippen LogP contribution in [-0.4, -0.2) is 25.5 Å². The lowest BCUT2D eigenvalue weighted by atomic mass is 10.1. The fraction of sp³-hybridized carbons (Fsp3) is 0.824. The third-order valence-electron chi connectivity index (χ3n) is 3.56. The van der Waals surface area contributed by atoms with Crippen LogP contribution in [0.1, 0.15) is 84.0 Å². The van der Waals surface area contributed by atoms with E-state index >= 15 is 0 Å². The van der Waals surface area contributed by atoms with Crippen LogP contribution in [-0.2, 0) is 24.1 Å². The van der Waals surface area contributed by atoms with E-state index in [1.54, 1.807) is 6.08 Å². The van der Waals surface area contributed by atoms with Crippen molar-refractivity contribution in [3.63, 3.8) is 0 Å². The molecule has 7 heteroatoms. The van der Waals surface area contributed by atoms with E-state index in [0.29, 0.717) is 0 Å². The van der Waals surface area contributed by atoms with Crippen LogP contribution in [0.2, 0.25) is 0 Å². The summed E-state index contributed by atoms with van der Waals surface area (Å²) in [4.78, 5) is 11.2. The van der Waals surface area contributed by atoms with Crippen molar-refractivity contribution in [2.75, 3.05) is 6.61 Å². The minimum absolute atomic E-state index is 0.234. The van der Waals surface area contributed by atoms with Gasteiger partial charge in [0.2, 0.25) is 0 Å². The summed E-state index contributed by atoms with van der Waals surface area (Å²) in [6, 6.07) is 0. The Kier molecular flexibility index (Phi) is 15.0. The van der Waals surface area contributed by atoms with Gasteiger partial charge in [0, 0.05) is 0 Å². The van der Waals surface area contributed by atoms with Crippen molar-refractivity contribution in [1.82, 2.24) is 0 Å². The van der Waals surface area contributed by atoms with E-state index in [9.17, 15) is 13.2 Å². The van der Waals surface area contributed by atoms with Crippen LogP contribution in [0, 0.1) is 0 Å². The molecule has 0 saturated carbocycles. The summed E-state index contributed by atoms with van der Waals surface area (Å²) < 4.78 is 37.6. The summed E-state index contributed by atoms with van der Waals surface area (Å²) in [5, 5.41) is 0. The first-order valence-electron chi connectivity index (χ1n) is 8.92. The number of hydrogen-bond donors (Lipinski definition) is 1. The molecule has 0 heterocycles. The van der Waals surface area contributed by atoms with Crippen LogP contribution < -0.4 is 0 Å². The quantitative estimate of drug-likeness (QED) is 0.187. The van der Waals surface area contributed by atoms with Crippen LogP contribution in [0.5, 0.6) is 0 Å². The van der Waals surface area contributed by atoms with Gasteiger partial charge in [-0.05, 0) is 18.9 Å². The maximum atomic E-state index is 11.2. The van der Waals surface area contributed by atoms with Crippen molar-refractivity contribution >= 4 is 16.4 Å². The van der Waals surface area contributed by atoms with E-state index < -0.39 is 23.0 Å². The Morgan fingerprint density at radius 2 is 1.50 bits per heavy atom. The van der Waals surface area contributed by atoms with Gasteiger partial charge in [0.25, 0.3) is 0 Å². The molecule has 0 aromatic heterocycles. The summed E-state index contributed by atoms with van der Waals surface area (Å²) >= 11 is 0. The fourth-order valence-electron chi connectivity index (χ4n) is 2.23. The predicted octanol–water partition coefficient (Wildman–Crippen LogP) is 4.56. The first kappa shape index (κ1) is 23.1. The second kappa shape index (κ2) is 15.6. The maximum Gasteiger partial charge on any atom is 0.397 e. The van der Waals surface area contributed by atoms with Gasteiger partial charge < -0.3 is 4.74 Å². The van der Waals surface area contributed by atoms with E-state index in [1.165, 1.54) is 64.0 Å². The van der Waals surface area contributed by atoms with Gasteiger partial charge in [-0.15, -0.1) is 0 Å². The van der Waals surface area contributed by atoms with Crippen LogP contribution in [0.25, 0.3) is 0 Å². The topological polar surface area (TPSA) is 89.9 Å². The molecule has 0 bridgehead atoms. The summed E-state index contributed by atoms with van der Waals surface area (Å²) in [5.74, 6) is -0.599. The SMILES string of the molecule is CCCCCCCCCCCCC=COC(=O)CCOS(=O)(=O)O. The molecule has 0 aliphatic rings. The number of allylic oxidation sites excluding steroid dienone is 1. The highest BCUT2D eigenvalue weighted by Crippen LogP contribution is 2.11. The average Bonchev–Trinajstić information content (AvgIpc) is 2.50. The second-order valence-electron chi connectivity index (χ2n) is 5.83. The van der Waals surface area contributed by atoms with Crippen LogP contribution in [0.15, 0.2) is 12.3 Å². The molecule has 0 rings (SSSR count). The number of carbonyl (C=O) groups is 1. The van der Waals surface area contributed by atoms with Crippen molar-refractivity contribution in [2.45, 2.75) is 84.0 Å². The number of unbranched alkanes of at least 4 members (excludes halogenated alkanes) is 10. The molecule has 0 amide bonds. The molecular weight excluding hydrogens is 332 g/mol. The fourth-order valence-corrected chi connectivity index (χ4v) is 2.52. The molecule has 142 valence electrons. The zero-order chi connectivity index (χ0) is 18.1. The number of hydrogen-bond acceptors (Lipinski definition) is 5. The highest BCUT2D eigenvalue weighted by atomic mass is 32.3. The number of rotatable bonds is 16. The number of ether oxygens (including phenoxy) is 1. The first-order chi connectivity index (χ1) is 11.5. The van der Waals surface area contributed by atoms with Crippen molar-refractivity contribution in [1.29, 1.82) is 0 Å². The number of carbonyl (C=O) groups excluding carboxylic acids is 1. The van der Waals surface area contributed by atoms with E-state index in [-0.39, 0.29) is 6.42 Å². The highest BCUT2D eigenvalue weighted by Gasteiger charge is 2.07. The molecular formula is C17H32O6S. The summed E-state index contributed by atoms with van der Waals surface area (Å²) in [6.45, 7) is 1.80. The molecule has 0 saturated heterocycles. The third-order valence-corrected chi connectivity index (χ3v) is 4.02. The van der Waals surface area contributed by atoms with Gasteiger partial charge in [-0.25, -0.2) is 4.18 Å². The van der Waals surface area contributed by atoms with Gasteiger partial charge >= 0.3 is 16.4 Å². The van der Waals surface area contributed by atoms with Crippen molar-refractivity contribution in [3.05, 3.63) is 12.3 Å². The number of esters is 1. The molecule has 0 aromatic rings. The van der Waals surface area contributed by atoms with Crippen LogP contribution in [0.4, 0.5) is 0 Å². The second-order valence-corrected chi connectivity index (χ2v) is 6.92. The Morgan fingerprint density at radius 3 is 2.04 bits per heavy atom. The van der Waals surface area contributed by atoms with E-state index in [0.717, 1.165) is 12.8 Å². The molecule has 0 aliphatic heterocycles. The molecule has 0 atom stereocenters. The Bertz CT molecular complexity index is 430. The van der Waals surface area contributed by atoms with E-state index in [4.69, 9.17) is 9.29 Å². The summed E-state index contributed by atoms with van der Waals surface area (Å²) in [5.41, 5.74) is 0. The van der Waals surface area contributed by atoms with Crippen molar-refractivity contribution in [3.8, 4) is 0 Å². The van der Waals surface area contributed by atoms with Gasteiger partial charge in [0.15, 0.2) is 0 Å². The first-order valence-corrected chi connectivity index (χ1v) is 10.3. The molecule has 0 spiro atoms. The van der Waals surface area contributed by atoms with E-state index in [2.05, 4.69) is 11.1 Å². The average molecular weight is 365 g/mol. The van der Waals surface area contributed by atoms with Crippen LogP contribution in [0.3, 0.4) is 0 Å². The Labute approximate surface area is 146 Å². The molecule has 24 heavy (non-hydrogen) atoms. The van der Waals surface area contributed by atoms with E-state index in [1.807, 2.05) is 0 Å². The van der Waals surface area contributed by atoms with Crippen LogP contribution >= 0.6 is 0 Å². The van der Waals surface area contributed by atoms with Gasteiger partial charge in [-0.1, -0.05) is 64.7 Å². The van der Waals surface area contributed by atoms with Crippen molar-refractivity contribution in [2.24, 2.45) is 0 Å². The summed E-state index contributed by atoms with van der Waals surface area (Å²) in [7, 11) is -4.49. The van der Waals surface area contributed by atoms with Gasteiger partial charge in [-0.3, -0.25) is 9.35 Å². The zero-order valence-corrected chi connectivity index (χ0v) is 15.6. The normalized spacial score (nSPS) is 11.9. The van der Waals surface area contributed by atoms with Crippen molar-refractivity contribution < 1.29 is 26.7 Å². The highest BCUT2D eigenvalue weighted by molar-refractivity contribution is 7.80. The third kappa shape index (κ3) is 19.1.